The zero-order valence-electron chi connectivity index (χ0n) is 7.09. The van der Waals surface area contributed by atoms with Gasteiger partial charge in [0.2, 0.25) is 0 Å². The van der Waals surface area contributed by atoms with Crippen molar-refractivity contribution in [2.75, 3.05) is 24.7 Å². The minimum absolute atomic E-state index is 0.341. The number of hydrogen-bond donors (Lipinski definition) is 2. The Labute approximate surface area is 73.6 Å². The molecule has 3 heteroatoms. The van der Waals surface area contributed by atoms with Crippen LogP contribution in [0.15, 0.2) is 0 Å². The molecule has 0 heterocycles. The predicted octanol–water partition coefficient (Wildman–Crippen LogP) is 1.23. The van der Waals surface area contributed by atoms with Crippen LogP contribution in [0.2, 0.25) is 0 Å². The second kappa shape index (κ2) is 10.3. The Hall–Kier alpha value is 0.270. The minimum Gasteiger partial charge on any atom is -0.396 e. The van der Waals surface area contributed by atoms with Crippen molar-refractivity contribution in [2.45, 2.75) is 25.7 Å². The standard InChI is InChI=1S/C8H19NOS/c9-5-4-8-11-7-3-1-2-6-10/h10H,1-9H2. The Balaban J connectivity index is 2.69. The van der Waals surface area contributed by atoms with Crippen molar-refractivity contribution in [1.82, 2.24) is 0 Å². The summed E-state index contributed by atoms with van der Waals surface area (Å²) in [6.45, 7) is 1.15. The second-order valence-electron chi connectivity index (χ2n) is 2.54. The predicted molar refractivity (Wildman–Crippen MR) is 51.9 cm³/mol. The lowest BCUT2D eigenvalue weighted by atomic mass is 10.3. The van der Waals surface area contributed by atoms with Gasteiger partial charge < -0.3 is 10.8 Å². The van der Waals surface area contributed by atoms with Crippen LogP contribution in [-0.2, 0) is 0 Å². The average Bonchev–Trinajstić information content (AvgIpc) is 2.03. The van der Waals surface area contributed by atoms with E-state index in [2.05, 4.69) is 0 Å². The van der Waals surface area contributed by atoms with Gasteiger partial charge in [0.1, 0.15) is 0 Å². The van der Waals surface area contributed by atoms with Crippen LogP contribution in [0.5, 0.6) is 0 Å². The van der Waals surface area contributed by atoms with E-state index >= 15 is 0 Å². The van der Waals surface area contributed by atoms with Gasteiger partial charge >= 0.3 is 0 Å². The highest BCUT2D eigenvalue weighted by Gasteiger charge is 1.89. The summed E-state index contributed by atoms with van der Waals surface area (Å²) >= 11 is 1.97. The molecule has 2 nitrogen and oxygen atoms in total. The zero-order chi connectivity index (χ0) is 8.36. The Morgan fingerprint density at radius 1 is 1.00 bits per heavy atom. The molecule has 0 aromatic heterocycles. The summed E-state index contributed by atoms with van der Waals surface area (Å²) in [5.74, 6) is 2.41. The van der Waals surface area contributed by atoms with Crippen LogP contribution >= 0.6 is 11.8 Å². The Kier molecular flexibility index (Phi) is 10.5. The van der Waals surface area contributed by atoms with E-state index in [-0.39, 0.29) is 0 Å². The van der Waals surface area contributed by atoms with Gasteiger partial charge in [-0.1, -0.05) is 6.42 Å². The van der Waals surface area contributed by atoms with E-state index in [9.17, 15) is 0 Å². The number of aliphatic hydroxyl groups is 1. The lowest BCUT2D eigenvalue weighted by Crippen LogP contribution is -1.99. The van der Waals surface area contributed by atoms with E-state index < -0.39 is 0 Å². The molecule has 0 aliphatic rings. The minimum atomic E-state index is 0.341. The summed E-state index contributed by atoms with van der Waals surface area (Å²) in [7, 11) is 0. The highest BCUT2D eigenvalue weighted by molar-refractivity contribution is 7.99. The molecule has 0 aromatic rings. The molecule has 0 saturated carbocycles. The number of unbranched alkanes of at least 4 members (excludes halogenated alkanes) is 2. The molecule has 0 bridgehead atoms. The van der Waals surface area contributed by atoms with Gasteiger partial charge in [0.05, 0.1) is 0 Å². The third-order valence-corrected chi connectivity index (χ3v) is 2.59. The van der Waals surface area contributed by atoms with E-state index in [1.54, 1.807) is 0 Å². The molecule has 3 N–H and O–H groups in total. The van der Waals surface area contributed by atoms with E-state index in [0.717, 1.165) is 25.8 Å². The summed E-state index contributed by atoms with van der Waals surface area (Å²) in [5.41, 5.74) is 5.34. The van der Waals surface area contributed by atoms with Gasteiger partial charge in [-0.05, 0) is 37.3 Å². The van der Waals surface area contributed by atoms with Gasteiger partial charge in [0.25, 0.3) is 0 Å². The molecule has 0 aromatic carbocycles. The average molecular weight is 177 g/mol. The maximum atomic E-state index is 8.48. The summed E-state index contributed by atoms with van der Waals surface area (Å²) in [6.07, 6.45) is 4.48. The molecular weight excluding hydrogens is 158 g/mol. The quantitative estimate of drug-likeness (QED) is 0.548. The van der Waals surface area contributed by atoms with Gasteiger partial charge in [-0.25, -0.2) is 0 Å². The van der Waals surface area contributed by atoms with Crippen LogP contribution in [0.25, 0.3) is 0 Å². The molecule has 0 aliphatic carbocycles. The Morgan fingerprint density at radius 2 is 1.73 bits per heavy atom. The van der Waals surface area contributed by atoms with E-state index in [4.69, 9.17) is 10.8 Å². The first-order valence-corrected chi connectivity index (χ1v) is 5.46. The van der Waals surface area contributed by atoms with Crippen molar-refractivity contribution in [3.8, 4) is 0 Å². The molecule has 0 amide bonds. The summed E-state index contributed by atoms with van der Waals surface area (Å²) in [4.78, 5) is 0. The topological polar surface area (TPSA) is 46.2 Å². The first kappa shape index (κ1) is 11.3. The molecule has 68 valence electrons. The molecule has 0 radical (unpaired) electrons. The highest BCUT2D eigenvalue weighted by Crippen LogP contribution is 2.06. The van der Waals surface area contributed by atoms with Crippen molar-refractivity contribution in [3.63, 3.8) is 0 Å². The molecule has 0 saturated heterocycles. The smallest absolute Gasteiger partial charge is 0.0431 e. The molecule has 0 rings (SSSR count). The number of rotatable bonds is 8. The Morgan fingerprint density at radius 3 is 2.36 bits per heavy atom. The van der Waals surface area contributed by atoms with Crippen molar-refractivity contribution in [2.24, 2.45) is 5.73 Å². The molecule has 0 unspecified atom stereocenters. The van der Waals surface area contributed by atoms with Crippen LogP contribution in [0.1, 0.15) is 25.7 Å². The fourth-order valence-corrected chi connectivity index (χ4v) is 1.76. The molecule has 0 fully saturated rings. The van der Waals surface area contributed by atoms with Gasteiger partial charge in [0.15, 0.2) is 0 Å². The van der Waals surface area contributed by atoms with E-state index in [0.29, 0.717) is 6.61 Å². The largest absolute Gasteiger partial charge is 0.396 e. The van der Waals surface area contributed by atoms with Crippen molar-refractivity contribution in [1.29, 1.82) is 0 Å². The molecule has 11 heavy (non-hydrogen) atoms. The number of hydrogen-bond acceptors (Lipinski definition) is 3. The third-order valence-electron chi connectivity index (χ3n) is 1.44. The van der Waals surface area contributed by atoms with Crippen LogP contribution in [-0.4, -0.2) is 29.8 Å². The third kappa shape index (κ3) is 10.3. The normalized spacial score (nSPS) is 10.4. The maximum Gasteiger partial charge on any atom is 0.0431 e. The SMILES string of the molecule is NCCCSCCCCCO. The van der Waals surface area contributed by atoms with E-state index in [1.165, 1.54) is 17.9 Å². The van der Waals surface area contributed by atoms with Gasteiger partial charge in [-0.3, -0.25) is 0 Å². The summed E-state index contributed by atoms with van der Waals surface area (Å²) in [6, 6.07) is 0. The highest BCUT2D eigenvalue weighted by atomic mass is 32.2. The Bertz CT molecular complexity index is 63.1. The van der Waals surface area contributed by atoms with Crippen LogP contribution in [0.3, 0.4) is 0 Å². The lowest BCUT2D eigenvalue weighted by molar-refractivity contribution is 0.284. The molecule has 0 aliphatic heterocycles. The maximum absolute atomic E-state index is 8.48. The monoisotopic (exact) mass is 177 g/mol. The second-order valence-corrected chi connectivity index (χ2v) is 3.76. The fraction of sp³-hybridized carbons (Fsp3) is 1.00. The number of aliphatic hydroxyl groups excluding tert-OH is 1. The lowest BCUT2D eigenvalue weighted by Gasteiger charge is -1.99. The fourth-order valence-electron chi connectivity index (χ4n) is 0.780. The van der Waals surface area contributed by atoms with E-state index in [1.807, 2.05) is 11.8 Å². The molecular formula is C8H19NOS. The zero-order valence-corrected chi connectivity index (χ0v) is 7.91. The molecule has 0 atom stereocenters. The number of nitrogens with two attached hydrogens (primary N) is 1. The van der Waals surface area contributed by atoms with Crippen LogP contribution in [0.4, 0.5) is 0 Å². The van der Waals surface area contributed by atoms with Crippen molar-refractivity contribution >= 4 is 11.8 Å². The van der Waals surface area contributed by atoms with Gasteiger partial charge in [-0.15, -0.1) is 0 Å². The van der Waals surface area contributed by atoms with Crippen LogP contribution in [0, 0.1) is 0 Å². The first-order valence-electron chi connectivity index (χ1n) is 4.30. The first-order chi connectivity index (χ1) is 5.41. The summed E-state index contributed by atoms with van der Waals surface area (Å²) < 4.78 is 0. The number of thioether (sulfide) groups is 1. The van der Waals surface area contributed by atoms with Crippen LogP contribution < -0.4 is 5.73 Å². The van der Waals surface area contributed by atoms with Crippen molar-refractivity contribution in [3.05, 3.63) is 0 Å². The van der Waals surface area contributed by atoms with Gasteiger partial charge in [-0.2, -0.15) is 11.8 Å². The summed E-state index contributed by atoms with van der Waals surface area (Å²) in [5, 5.41) is 8.48. The van der Waals surface area contributed by atoms with Gasteiger partial charge in [0, 0.05) is 6.61 Å². The van der Waals surface area contributed by atoms with Crippen molar-refractivity contribution < 1.29 is 5.11 Å². The molecule has 0 spiro atoms.